The zero-order valence-corrected chi connectivity index (χ0v) is 7.08. The van der Waals surface area contributed by atoms with Crippen LogP contribution in [0.2, 0.25) is 0 Å². The van der Waals surface area contributed by atoms with E-state index in [2.05, 4.69) is 27.7 Å². The third-order valence-corrected chi connectivity index (χ3v) is 2.12. The van der Waals surface area contributed by atoms with E-state index in [1.165, 1.54) is 5.69 Å². The number of aromatic nitrogens is 2. The summed E-state index contributed by atoms with van der Waals surface area (Å²) in [6, 6.07) is 2.09. The molecule has 0 aromatic carbocycles. The Morgan fingerprint density at radius 1 is 1.67 bits per heavy atom. The number of fused-ring (bicyclic) bond motifs is 1. The Hall–Kier alpha value is -1.09. The van der Waals surface area contributed by atoms with Gasteiger partial charge < -0.3 is 5.32 Å². The summed E-state index contributed by atoms with van der Waals surface area (Å²) in [5, 5.41) is 7.73. The van der Waals surface area contributed by atoms with E-state index in [0.717, 1.165) is 31.7 Å². The van der Waals surface area contributed by atoms with Crippen LogP contribution in [0.3, 0.4) is 0 Å². The van der Waals surface area contributed by atoms with E-state index in [1.54, 1.807) is 6.08 Å². The van der Waals surface area contributed by atoms with E-state index in [4.69, 9.17) is 0 Å². The summed E-state index contributed by atoms with van der Waals surface area (Å²) in [5.41, 5.74) is 2.25. The molecule has 1 aromatic rings. The van der Waals surface area contributed by atoms with E-state index in [1.807, 2.05) is 0 Å². The Morgan fingerprint density at radius 2 is 2.58 bits per heavy atom. The van der Waals surface area contributed by atoms with E-state index in [0.29, 0.717) is 0 Å². The summed E-state index contributed by atoms with van der Waals surface area (Å²) in [4.78, 5) is 0. The zero-order chi connectivity index (χ0) is 8.39. The number of rotatable bonds is 1. The molecule has 2 heterocycles. The first-order valence-corrected chi connectivity index (χ1v) is 4.30. The fourth-order valence-electron chi connectivity index (χ4n) is 1.48. The molecule has 12 heavy (non-hydrogen) atoms. The molecular formula is C9H13N3. The average Bonchev–Trinajstić information content (AvgIpc) is 2.37. The van der Waals surface area contributed by atoms with Crippen LogP contribution >= 0.6 is 0 Å². The summed E-state index contributed by atoms with van der Waals surface area (Å²) in [6.45, 7) is 6.75. The molecule has 0 aliphatic carbocycles. The maximum atomic E-state index is 4.39. The van der Waals surface area contributed by atoms with Crippen LogP contribution < -0.4 is 5.32 Å². The molecular weight excluding hydrogens is 150 g/mol. The Bertz CT molecular complexity index is 264. The first kappa shape index (κ1) is 7.55. The minimum atomic E-state index is 0.931. The van der Waals surface area contributed by atoms with Crippen molar-refractivity contribution in [3.8, 4) is 0 Å². The summed E-state index contributed by atoms with van der Waals surface area (Å²) >= 11 is 0. The molecule has 0 unspecified atom stereocenters. The van der Waals surface area contributed by atoms with Crippen molar-refractivity contribution < 1.29 is 0 Å². The van der Waals surface area contributed by atoms with Gasteiger partial charge in [-0.1, -0.05) is 6.58 Å². The highest BCUT2D eigenvalue weighted by Crippen LogP contribution is 2.08. The Balaban J connectivity index is 2.32. The topological polar surface area (TPSA) is 29.9 Å². The highest BCUT2D eigenvalue weighted by Gasteiger charge is 2.08. The molecule has 0 atom stereocenters. The van der Waals surface area contributed by atoms with Crippen molar-refractivity contribution in [3.63, 3.8) is 0 Å². The minimum Gasteiger partial charge on any atom is -0.311 e. The average molecular weight is 163 g/mol. The van der Waals surface area contributed by atoms with Crippen LogP contribution in [0, 0.1) is 0 Å². The molecule has 0 fully saturated rings. The second kappa shape index (κ2) is 3.11. The van der Waals surface area contributed by atoms with E-state index < -0.39 is 0 Å². The van der Waals surface area contributed by atoms with Crippen molar-refractivity contribution in [3.05, 3.63) is 24.0 Å². The number of nitrogens with zero attached hydrogens (tertiary/aromatic N) is 2. The smallest absolute Gasteiger partial charge is 0.0848 e. The molecule has 0 saturated carbocycles. The molecule has 2 rings (SSSR count). The van der Waals surface area contributed by atoms with Gasteiger partial charge in [-0.2, -0.15) is 5.10 Å². The van der Waals surface area contributed by atoms with Gasteiger partial charge in [0.15, 0.2) is 0 Å². The fourth-order valence-corrected chi connectivity index (χ4v) is 1.48. The van der Waals surface area contributed by atoms with Crippen molar-refractivity contribution in [2.45, 2.75) is 19.5 Å². The van der Waals surface area contributed by atoms with Crippen LogP contribution in [-0.4, -0.2) is 16.3 Å². The molecule has 0 spiro atoms. The monoisotopic (exact) mass is 163 g/mol. The van der Waals surface area contributed by atoms with Crippen LogP contribution in [0.4, 0.5) is 0 Å². The third kappa shape index (κ3) is 1.28. The molecule has 0 saturated heterocycles. The molecule has 0 bridgehead atoms. The lowest BCUT2D eigenvalue weighted by Gasteiger charge is -1.98. The molecule has 0 amide bonds. The van der Waals surface area contributed by atoms with Crippen molar-refractivity contribution in [2.75, 3.05) is 6.54 Å². The quantitative estimate of drug-likeness (QED) is 0.670. The SMILES string of the molecule is C=Cc1cc2n(n1)CCCNC2. The van der Waals surface area contributed by atoms with Crippen LogP contribution in [0.25, 0.3) is 6.08 Å². The Labute approximate surface area is 72.1 Å². The van der Waals surface area contributed by atoms with Gasteiger partial charge in [0.25, 0.3) is 0 Å². The maximum Gasteiger partial charge on any atom is 0.0848 e. The van der Waals surface area contributed by atoms with Crippen LogP contribution in [-0.2, 0) is 13.1 Å². The lowest BCUT2D eigenvalue weighted by Crippen LogP contribution is -2.11. The number of hydrogen-bond donors (Lipinski definition) is 1. The molecule has 1 aromatic heterocycles. The first-order chi connectivity index (χ1) is 5.90. The largest absolute Gasteiger partial charge is 0.311 e. The van der Waals surface area contributed by atoms with Gasteiger partial charge in [0, 0.05) is 13.1 Å². The lowest BCUT2D eigenvalue weighted by molar-refractivity contribution is 0.586. The Kier molecular flexibility index (Phi) is 1.96. The summed E-state index contributed by atoms with van der Waals surface area (Å²) in [7, 11) is 0. The van der Waals surface area contributed by atoms with Gasteiger partial charge in [-0.15, -0.1) is 0 Å². The van der Waals surface area contributed by atoms with Gasteiger partial charge in [0.1, 0.15) is 0 Å². The minimum absolute atomic E-state index is 0.931. The van der Waals surface area contributed by atoms with Gasteiger partial charge in [0.05, 0.1) is 11.4 Å². The van der Waals surface area contributed by atoms with Crippen molar-refractivity contribution >= 4 is 6.08 Å². The molecule has 3 nitrogen and oxygen atoms in total. The van der Waals surface area contributed by atoms with E-state index >= 15 is 0 Å². The number of aryl methyl sites for hydroxylation is 1. The maximum absolute atomic E-state index is 4.39. The fraction of sp³-hybridized carbons (Fsp3) is 0.444. The molecule has 64 valence electrons. The second-order valence-corrected chi connectivity index (χ2v) is 3.02. The molecule has 1 aliphatic rings. The molecule has 1 N–H and O–H groups in total. The zero-order valence-electron chi connectivity index (χ0n) is 7.08. The van der Waals surface area contributed by atoms with Gasteiger partial charge >= 0.3 is 0 Å². The molecule has 0 radical (unpaired) electrons. The van der Waals surface area contributed by atoms with E-state index in [9.17, 15) is 0 Å². The van der Waals surface area contributed by atoms with Crippen LogP contribution in [0.15, 0.2) is 12.6 Å². The normalized spacial score (nSPS) is 16.7. The standard InChI is InChI=1S/C9H13N3/c1-2-8-6-9-7-10-4-3-5-12(9)11-8/h2,6,10H,1,3-5,7H2. The van der Waals surface area contributed by atoms with Crippen molar-refractivity contribution in [1.29, 1.82) is 0 Å². The van der Waals surface area contributed by atoms with E-state index in [-0.39, 0.29) is 0 Å². The van der Waals surface area contributed by atoms with Crippen molar-refractivity contribution in [1.82, 2.24) is 15.1 Å². The van der Waals surface area contributed by atoms with Gasteiger partial charge in [0.2, 0.25) is 0 Å². The van der Waals surface area contributed by atoms with Crippen LogP contribution in [0.5, 0.6) is 0 Å². The van der Waals surface area contributed by atoms with Gasteiger partial charge in [-0.25, -0.2) is 0 Å². The predicted octanol–water partition coefficient (Wildman–Crippen LogP) is 1.02. The molecule has 3 heteroatoms. The summed E-state index contributed by atoms with van der Waals surface area (Å²) in [5.74, 6) is 0. The van der Waals surface area contributed by atoms with Gasteiger partial charge in [-0.05, 0) is 25.1 Å². The summed E-state index contributed by atoms with van der Waals surface area (Å²) < 4.78 is 2.07. The van der Waals surface area contributed by atoms with Gasteiger partial charge in [-0.3, -0.25) is 4.68 Å². The molecule has 1 aliphatic heterocycles. The first-order valence-electron chi connectivity index (χ1n) is 4.30. The van der Waals surface area contributed by atoms with Crippen LogP contribution in [0.1, 0.15) is 17.8 Å². The third-order valence-electron chi connectivity index (χ3n) is 2.12. The lowest BCUT2D eigenvalue weighted by atomic mass is 10.3. The highest BCUT2D eigenvalue weighted by atomic mass is 15.3. The number of hydrogen-bond acceptors (Lipinski definition) is 2. The van der Waals surface area contributed by atoms with Crippen molar-refractivity contribution in [2.24, 2.45) is 0 Å². The second-order valence-electron chi connectivity index (χ2n) is 3.02. The predicted molar refractivity (Wildman–Crippen MR) is 48.6 cm³/mol. The highest BCUT2D eigenvalue weighted by molar-refractivity contribution is 5.41. The Morgan fingerprint density at radius 3 is 3.42 bits per heavy atom. The summed E-state index contributed by atoms with van der Waals surface area (Å²) in [6.07, 6.45) is 2.95. The number of nitrogens with one attached hydrogen (secondary N) is 1.